The van der Waals surface area contributed by atoms with Gasteiger partial charge in [0.1, 0.15) is 6.61 Å². The summed E-state index contributed by atoms with van der Waals surface area (Å²) in [6, 6.07) is 0. The van der Waals surface area contributed by atoms with E-state index >= 15 is 0 Å². The van der Waals surface area contributed by atoms with Gasteiger partial charge in [-0.2, -0.15) is 0 Å². The molecule has 1 aliphatic rings. The van der Waals surface area contributed by atoms with E-state index in [0.29, 0.717) is 19.7 Å². The maximum atomic E-state index is 11.0. The number of nitrogens with zero attached hydrogens (tertiary/aromatic N) is 1. The molecule has 0 aromatic rings. The van der Waals surface area contributed by atoms with Crippen LogP contribution in [-0.2, 0) is 14.3 Å². The summed E-state index contributed by atoms with van der Waals surface area (Å²) in [4.78, 5) is 23.0. The first kappa shape index (κ1) is 12.8. The van der Waals surface area contributed by atoms with Crippen LogP contribution in [0.3, 0.4) is 0 Å². The van der Waals surface area contributed by atoms with Gasteiger partial charge in [-0.05, 0) is 19.8 Å². The highest BCUT2D eigenvalue weighted by atomic mass is 16.6. The molecule has 1 atom stereocenters. The van der Waals surface area contributed by atoms with E-state index in [-0.39, 0.29) is 12.7 Å². The maximum Gasteiger partial charge on any atom is 0.407 e. The van der Waals surface area contributed by atoms with Crippen molar-refractivity contribution in [1.29, 1.82) is 0 Å². The Balaban J connectivity index is 2.26. The summed E-state index contributed by atoms with van der Waals surface area (Å²) in [6.07, 6.45) is 0.405. The normalized spacial score (nSPS) is 20.6. The van der Waals surface area contributed by atoms with E-state index in [2.05, 4.69) is 0 Å². The SMILES string of the molecule is CCOC(=O)CO[C@@H]1CCCN(C(=O)O)C1. The standard InChI is InChI=1S/C10H17NO5/c1-2-15-9(12)7-16-8-4-3-5-11(6-8)10(13)14/h8H,2-7H2,1H3,(H,13,14)/t8-/m1/s1. The van der Waals surface area contributed by atoms with Gasteiger partial charge in [-0.1, -0.05) is 0 Å². The van der Waals surface area contributed by atoms with Crippen LogP contribution in [0.4, 0.5) is 4.79 Å². The molecule has 0 aliphatic carbocycles. The minimum atomic E-state index is -0.940. The zero-order valence-electron chi connectivity index (χ0n) is 9.35. The van der Waals surface area contributed by atoms with Crippen LogP contribution in [0.15, 0.2) is 0 Å². The molecule has 1 amide bonds. The van der Waals surface area contributed by atoms with Crippen LogP contribution in [0.25, 0.3) is 0 Å². The molecule has 92 valence electrons. The van der Waals surface area contributed by atoms with E-state index < -0.39 is 12.1 Å². The van der Waals surface area contributed by atoms with E-state index in [1.165, 1.54) is 4.90 Å². The molecular weight excluding hydrogens is 214 g/mol. The zero-order chi connectivity index (χ0) is 12.0. The first-order valence-corrected chi connectivity index (χ1v) is 5.38. The number of carboxylic acid groups (broad SMARTS) is 1. The highest BCUT2D eigenvalue weighted by Crippen LogP contribution is 2.13. The van der Waals surface area contributed by atoms with Gasteiger partial charge in [0.25, 0.3) is 0 Å². The van der Waals surface area contributed by atoms with Crippen molar-refractivity contribution in [1.82, 2.24) is 4.90 Å². The Bertz CT molecular complexity index is 256. The molecular formula is C10H17NO5. The molecule has 0 bridgehead atoms. The molecule has 0 saturated carbocycles. The second-order valence-corrected chi connectivity index (χ2v) is 3.61. The van der Waals surface area contributed by atoms with Crippen molar-refractivity contribution >= 4 is 12.1 Å². The lowest BCUT2D eigenvalue weighted by atomic mass is 10.1. The Hall–Kier alpha value is -1.30. The first-order valence-electron chi connectivity index (χ1n) is 5.38. The van der Waals surface area contributed by atoms with Crippen molar-refractivity contribution in [3.63, 3.8) is 0 Å². The van der Waals surface area contributed by atoms with Crippen LogP contribution in [0.2, 0.25) is 0 Å². The van der Waals surface area contributed by atoms with Crippen molar-refractivity contribution < 1.29 is 24.2 Å². The van der Waals surface area contributed by atoms with E-state index in [1.807, 2.05) is 0 Å². The van der Waals surface area contributed by atoms with Crippen LogP contribution in [-0.4, -0.2) is 54.5 Å². The molecule has 1 heterocycles. The molecule has 0 spiro atoms. The van der Waals surface area contributed by atoms with Gasteiger partial charge in [-0.3, -0.25) is 0 Å². The second kappa shape index (κ2) is 6.32. The Labute approximate surface area is 94.1 Å². The van der Waals surface area contributed by atoms with Crippen LogP contribution in [0.5, 0.6) is 0 Å². The number of hydrogen-bond acceptors (Lipinski definition) is 4. The third-order valence-corrected chi connectivity index (χ3v) is 2.39. The molecule has 6 heteroatoms. The highest BCUT2D eigenvalue weighted by molar-refractivity contribution is 5.70. The topological polar surface area (TPSA) is 76.1 Å². The fraction of sp³-hybridized carbons (Fsp3) is 0.800. The summed E-state index contributed by atoms with van der Waals surface area (Å²) in [6.45, 7) is 2.81. The van der Waals surface area contributed by atoms with Gasteiger partial charge in [0.15, 0.2) is 0 Å². The lowest BCUT2D eigenvalue weighted by molar-refractivity contribution is -0.151. The van der Waals surface area contributed by atoms with Crippen LogP contribution >= 0.6 is 0 Å². The predicted octanol–water partition coefficient (Wildman–Crippen LogP) is 0.708. The zero-order valence-corrected chi connectivity index (χ0v) is 9.35. The van der Waals surface area contributed by atoms with Gasteiger partial charge in [0.05, 0.1) is 19.3 Å². The van der Waals surface area contributed by atoms with E-state index in [1.54, 1.807) is 6.92 Å². The number of piperidine rings is 1. The van der Waals surface area contributed by atoms with Gasteiger partial charge in [-0.25, -0.2) is 9.59 Å². The predicted molar refractivity (Wildman–Crippen MR) is 55.2 cm³/mol. The Kier molecular flexibility index (Phi) is 5.04. The molecule has 1 rings (SSSR count). The van der Waals surface area contributed by atoms with Gasteiger partial charge in [0.2, 0.25) is 0 Å². The Morgan fingerprint density at radius 3 is 2.88 bits per heavy atom. The largest absolute Gasteiger partial charge is 0.465 e. The molecule has 1 fully saturated rings. The number of rotatable bonds is 4. The number of ether oxygens (including phenoxy) is 2. The van der Waals surface area contributed by atoms with Crippen molar-refractivity contribution in [2.75, 3.05) is 26.3 Å². The average molecular weight is 231 g/mol. The first-order chi connectivity index (χ1) is 7.63. The molecule has 0 aromatic heterocycles. The fourth-order valence-electron chi connectivity index (χ4n) is 1.64. The van der Waals surface area contributed by atoms with Crippen molar-refractivity contribution in [2.24, 2.45) is 0 Å². The molecule has 0 radical (unpaired) electrons. The number of esters is 1. The van der Waals surface area contributed by atoms with Gasteiger partial charge in [0, 0.05) is 6.54 Å². The molecule has 1 N–H and O–H groups in total. The summed E-state index contributed by atoms with van der Waals surface area (Å²) in [5, 5.41) is 8.80. The lowest BCUT2D eigenvalue weighted by Crippen LogP contribution is -2.43. The minimum absolute atomic E-state index is 0.105. The third-order valence-electron chi connectivity index (χ3n) is 2.39. The summed E-state index contributed by atoms with van der Waals surface area (Å²) in [5.41, 5.74) is 0. The third kappa shape index (κ3) is 4.06. The van der Waals surface area contributed by atoms with Crippen molar-refractivity contribution in [3.05, 3.63) is 0 Å². The summed E-state index contributed by atoms with van der Waals surface area (Å²) in [7, 11) is 0. The monoisotopic (exact) mass is 231 g/mol. The van der Waals surface area contributed by atoms with E-state index in [4.69, 9.17) is 14.6 Å². The van der Waals surface area contributed by atoms with Crippen LogP contribution in [0.1, 0.15) is 19.8 Å². The average Bonchev–Trinajstić information content (AvgIpc) is 2.27. The number of likely N-dealkylation sites (tertiary alicyclic amines) is 1. The second-order valence-electron chi connectivity index (χ2n) is 3.61. The van der Waals surface area contributed by atoms with E-state index in [0.717, 1.165) is 12.8 Å². The quantitative estimate of drug-likeness (QED) is 0.721. The summed E-state index contributed by atoms with van der Waals surface area (Å²) in [5.74, 6) is -0.407. The number of hydrogen-bond donors (Lipinski definition) is 1. The van der Waals surface area contributed by atoms with Crippen molar-refractivity contribution in [2.45, 2.75) is 25.9 Å². The molecule has 16 heavy (non-hydrogen) atoms. The number of amides is 1. The molecule has 6 nitrogen and oxygen atoms in total. The summed E-state index contributed by atoms with van der Waals surface area (Å²) >= 11 is 0. The van der Waals surface area contributed by atoms with Crippen molar-refractivity contribution in [3.8, 4) is 0 Å². The van der Waals surface area contributed by atoms with Crippen LogP contribution in [0, 0.1) is 0 Å². The molecule has 1 saturated heterocycles. The molecule has 1 aliphatic heterocycles. The fourth-order valence-corrected chi connectivity index (χ4v) is 1.64. The Morgan fingerprint density at radius 1 is 1.50 bits per heavy atom. The Morgan fingerprint density at radius 2 is 2.25 bits per heavy atom. The van der Waals surface area contributed by atoms with Crippen LogP contribution < -0.4 is 0 Å². The number of carbonyl (C=O) groups is 2. The minimum Gasteiger partial charge on any atom is -0.465 e. The van der Waals surface area contributed by atoms with Gasteiger partial charge < -0.3 is 19.5 Å². The number of carbonyl (C=O) groups excluding carboxylic acids is 1. The van der Waals surface area contributed by atoms with E-state index in [9.17, 15) is 9.59 Å². The highest BCUT2D eigenvalue weighted by Gasteiger charge is 2.24. The molecule has 0 unspecified atom stereocenters. The summed E-state index contributed by atoms with van der Waals surface area (Å²) < 4.78 is 10.0. The van der Waals surface area contributed by atoms with Gasteiger partial charge in [-0.15, -0.1) is 0 Å². The smallest absolute Gasteiger partial charge is 0.407 e. The maximum absolute atomic E-state index is 11.0. The lowest BCUT2D eigenvalue weighted by Gasteiger charge is -2.30. The van der Waals surface area contributed by atoms with Gasteiger partial charge >= 0.3 is 12.1 Å². The molecule has 0 aromatic carbocycles.